The Kier molecular flexibility index (Phi) is 12.1. The van der Waals surface area contributed by atoms with Gasteiger partial charge in [-0.25, -0.2) is 0 Å². The summed E-state index contributed by atoms with van der Waals surface area (Å²) in [7, 11) is -4.84. The van der Waals surface area contributed by atoms with Crippen LogP contribution >= 0.6 is 0 Å². The summed E-state index contributed by atoms with van der Waals surface area (Å²) < 4.78 is 34.2. The molecule has 202 valence electrons. The third-order valence-corrected chi connectivity index (χ3v) is 6.05. The van der Waals surface area contributed by atoms with Crippen molar-refractivity contribution in [3.8, 4) is 11.5 Å². The Labute approximate surface area is 227 Å². The molecule has 0 amide bonds. The van der Waals surface area contributed by atoms with Crippen LogP contribution in [0.5, 0.6) is 11.5 Å². The van der Waals surface area contributed by atoms with Gasteiger partial charge in [-0.15, -0.1) is 0 Å². The van der Waals surface area contributed by atoms with E-state index in [0.717, 1.165) is 17.1 Å². The van der Waals surface area contributed by atoms with Gasteiger partial charge in [-0.2, -0.15) is 8.42 Å². The van der Waals surface area contributed by atoms with Crippen molar-refractivity contribution in [1.29, 1.82) is 0 Å². The molecule has 0 fully saturated rings. The molecule has 4 aromatic rings. The molecular weight excluding hydrogens is 520 g/mol. The van der Waals surface area contributed by atoms with E-state index in [1.54, 1.807) is 0 Å². The van der Waals surface area contributed by atoms with Gasteiger partial charge in [0.2, 0.25) is 0 Å². The molecule has 0 saturated heterocycles. The number of para-hydroxylation sites is 2. The Bertz CT molecular complexity index is 1340. The first-order valence-electron chi connectivity index (χ1n) is 11.6. The summed E-state index contributed by atoms with van der Waals surface area (Å²) >= 11 is 0. The standard InChI is InChI=1S/C14H12.C12H10O.C4H6O7S/c1-12(13-8-4-2-5-9-13)14-10-6-3-7-11-14;1-3-7-11(8-4-1)13-12-9-5-2-6-10-12;5-3(6)1-2(4(7)8)12(9,10)11/h2-11H,1H2;1-10H;2H,1H2,(H,5,6)(H,7,8)(H,9,10,11). The lowest BCUT2D eigenvalue weighted by molar-refractivity contribution is -0.143. The summed E-state index contributed by atoms with van der Waals surface area (Å²) in [6.07, 6.45) is -1.16. The average Bonchev–Trinajstić information content (AvgIpc) is 2.93. The lowest BCUT2D eigenvalue weighted by Gasteiger charge is -2.04. The van der Waals surface area contributed by atoms with Crippen molar-refractivity contribution in [2.75, 3.05) is 0 Å². The zero-order valence-electron chi connectivity index (χ0n) is 20.8. The van der Waals surface area contributed by atoms with E-state index in [1.807, 2.05) is 97.1 Å². The molecule has 0 aliphatic carbocycles. The molecule has 0 heterocycles. The summed E-state index contributed by atoms with van der Waals surface area (Å²) in [6, 6.07) is 40.0. The van der Waals surface area contributed by atoms with Crippen LogP contribution in [0.25, 0.3) is 5.57 Å². The molecule has 39 heavy (non-hydrogen) atoms. The van der Waals surface area contributed by atoms with Crippen molar-refractivity contribution in [2.45, 2.75) is 11.7 Å². The van der Waals surface area contributed by atoms with Gasteiger partial charge in [-0.1, -0.05) is 104 Å². The van der Waals surface area contributed by atoms with Gasteiger partial charge in [0.05, 0.1) is 6.42 Å². The first-order valence-corrected chi connectivity index (χ1v) is 13.1. The van der Waals surface area contributed by atoms with E-state index in [0.29, 0.717) is 0 Å². The van der Waals surface area contributed by atoms with Gasteiger partial charge in [0.1, 0.15) is 11.5 Å². The second kappa shape index (κ2) is 15.5. The van der Waals surface area contributed by atoms with Crippen molar-refractivity contribution in [3.05, 3.63) is 139 Å². The Morgan fingerprint density at radius 3 is 1.26 bits per heavy atom. The molecule has 0 spiro atoms. The predicted molar refractivity (Wildman–Crippen MR) is 149 cm³/mol. The molecule has 1 atom stereocenters. The molecular formula is C30H28O8S. The summed E-state index contributed by atoms with van der Waals surface area (Å²) in [6.45, 7) is 4.10. The van der Waals surface area contributed by atoms with Crippen LogP contribution in [0.15, 0.2) is 128 Å². The van der Waals surface area contributed by atoms with Crippen molar-refractivity contribution >= 4 is 27.6 Å². The van der Waals surface area contributed by atoms with Crippen LogP contribution in [0.1, 0.15) is 17.5 Å². The van der Waals surface area contributed by atoms with Crippen LogP contribution in [-0.2, 0) is 19.7 Å². The van der Waals surface area contributed by atoms with Crippen LogP contribution in [0, 0.1) is 0 Å². The van der Waals surface area contributed by atoms with Crippen LogP contribution < -0.4 is 4.74 Å². The van der Waals surface area contributed by atoms with Crippen LogP contribution in [0.3, 0.4) is 0 Å². The second-order valence-corrected chi connectivity index (χ2v) is 9.48. The number of rotatable bonds is 8. The topological polar surface area (TPSA) is 138 Å². The average molecular weight is 549 g/mol. The van der Waals surface area contributed by atoms with Gasteiger partial charge in [-0.05, 0) is 41.0 Å². The van der Waals surface area contributed by atoms with Crippen molar-refractivity contribution < 1.29 is 37.5 Å². The highest BCUT2D eigenvalue weighted by Gasteiger charge is 2.33. The maximum Gasteiger partial charge on any atom is 0.325 e. The van der Waals surface area contributed by atoms with E-state index in [4.69, 9.17) is 19.5 Å². The van der Waals surface area contributed by atoms with E-state index >= 15 is 0 Å². The number of hydrogen-bond acceptors (Lipinski definition) is 5. The lowest BCUT2D eigenvalue weighted by atomic mass is 10.0. The Balaban J connectivity index is 0.000000206. The number of carbonyl (C=O) groups is 2. The highest BCUT2D eigenvalue weighted by Crippen LogP contribution is 2.21. The minimum atomic E-state index is -4.84. The van der Waals surface area contributed by atoms with Gasteiger partial charge in [0.25, 0.3) is 10.1 Å². The monoisotopic (exact) mass is 548 g/mol. The van der Waals surface area contributed by atoms with E-state index in [-0.39, 0.29) is 0 Å². The van der Waals surface area contributed by atoms with Crippen molar-refractivity contribution in [3.63, 3.8) is 0 Å². The molecule has 0 saturated carbocycles. The molecule has 4 aromatic carbocycles. The third-order valence-electron chi connectivity index (χ3n) is 4.96. The fraction of sp³-hybridized carbons (Fsp3) is 0.0667. The number of carboxylic acid groups (broad SMARTS) is 2. The predicted octanol–water partition coefficient (Wildman–Crippen LogP) is 6.03. The molecule has 0 aliphatic heterocycles. The molecule has 0 aromatic heterocycles. The van der Waals surface area contributed by atoms with Crippen molar-refractivity contribution in [2.24, 2.45) is 0 Å². The number of ether oxygens (including phenoxy) is 1. The SMILES string of the molecule is C=C(c1ccccc1)c1ccccc1.O=C(O)CC(C(=O)O)S(=O)(=O)O.c1ccc(Oc2ccccc2)cc1. The number of aliphatic carboxylic acids is 2. The third kappa shape index (κ3) is 11.5. The number of benzene rings is 4. The van der Waals surface area contributed by atoms with Crippen LogP contribution in [-0.4, -0.2) is 40.4 Å². The minimum absolute atomic E-state index is 0.869. The van der Waals surface area contributed by atoms with Gasteiger partial charge < -0.3 is 14.9 Å². The molecule has 1 unspecified atom stereocenters. The van der Waals surface area contributed by atoms with Crippen molar-refractivity contribution in [1.82, 2.24) is 0 Å². The maximum atomic E-state index is 10.2. The molecule has 0 bridgehead atoms. The Hall–Kier alpha value is -4.73. The highest BCUT2D eigenvalue weighted by atomic mass is 32.2. The van der Waals surface area contributed by atoms with Gasteiger partial charge >= 0.3 is 11.9 Å². The minimum Gasteiger partial charge on any atom is -0.481 e. The van der Waals surface area contributed by atoms with Crippen LogP contribution in [0.4, 0.5) is 0 Å². The van der Waals surface area contributed by atoms with E-state index in [2.05, 4.69) is 30.8 Å². The molecule has 4 rings (SSSR count). The fourth-order valence-corrected chi connectivity index (χ4v) is 3.65. The smallest absolute Gasteiger partial charge is 0.325 e. The number of carboxylic acids is 2. The molecule has 9 heteroatoms. The highest BCUT2D eigenvalue weighted by molar-refractivity contribution is 7.87. The van der Waals surface area contributed by atoms with Gasteiger partial charge in [-0.3, -0.25) is 14.1 Å². The zero-order chi connectivity index (χ0) is 28.7. The lowest BCUT2D eigenvalue weighted by Crippen LogP contribution is -2.31. The van der Waals surface area contributed by atoms with E-state index in [9.17, 15) is 18.0 Å². The zero-order valence-corrected chi connectivity index (χ0v) is 21.6. The maximum absolute atomic E-state index is 10.2. The van der Waals surface area contributed by atoms with E-state index < -0.39 is 33.7 Å². The van der Waals surface area contributed by atoms with Gasteiger partial charge in [0, 0.05) is 0 Å². The summed E-state index contributed by atoms with van der Waals surface area (Å²) in [5, 5.41) is 13.9. The van der Waals surface area contributed by atoms with Crippen LogP contribution in [0.2, 0.25) is 0 Å². The molecule has 0 aliphatic rings. The normalized spacial score (nSPS) is 10.9. The fourth-order valence-electron chi connectivity index (χ4n) is 3.04. The first-order chi connectivity index (χ1) is 18.6. The summed E-state index contributed by atoms with van der Waals surface area (Å²) in [5.74, 6) is -1.76. The molecule has 3 N–H and O–H groups in total. The second-order valence-electron chi connectivity index (χ2n) is 7.88. The summed E-state index contributed by atoms with van der Waals surface area (Å²) in [5.41, 5.74) is 3.43. The quantitative estimate of drug-likeness (QED) is 0.227. The Morgan fingerprint density at radius 2 is 1.00 bits per heavy atom. The largest absolute Gasteiger partial charge is 0.481 e. The Morgan fingerprint density at radius 1 is 0.667 bits per heavy atom. The summed E-state index contributed by atoms with van der Waals surface area (Å²) in [4.78, 5) is 20.0. The molecule has 0 radical (unpaired) electrons. The molecule has 8 nitrogen and oxygen atoms in total. The first kappa shape index (κ1) is 30.5. The number of hydrogen-bond donors (Lipinski definition) is 3. The van der Waals surface area contributed by atoms with Gasteiger partial charge in [0.15, 0.2) is 5.25 Å². The van der Waals surface area contributed by atoms with E-state index in [1.165, 1.54) is 11.1 Å².